The van der Waals surface area contributed by atoms with Gasteiger partial charge in [0, 0.05) is 17.0 Å². The number of methoxy groups -OCH3 is 2. The highest BCUT2D eigenvalue weighted by Gasteiger charge is 2.10. The highest BCUT2D eigenvalue weighted by atomic mass is 35.5. The molecule has 0 spiro atoms. The maximum atomic E-state index is 6.15. The van der Waals surface area contributed by atoms with Crippen LogP contribution in [-0.2, 0) is 0 Å². The Morgan fingerprint density at radius 3 is 2.24 bits per heavy atom. The molecule has 0 aliphatic rings. The van der Waals surface area contributed by atoms with E-state index in [1.807, 2.05) is 48.5 Å². The average molecular weight is 300 g/mol. The van der Waals surface area contributed by atoms with Gasteiger partial charge in [-0.2, -0.15) is 0 Å². The molecule has 0 aliphatic carbocycles. The molecule has 1 heterocycles. The van der Waals surface area contributed by atoms with Gasteiger partial charge in [0.2, 0.25) is 0 Å². The van der Waals surface area contributed by atoms with E-state index < -0.39 is 0 Å². The number of aromatic nitrogens is 1. The quantitative estimate of drug-likeness (QED) is 0.664. The molecule has 21 heavy (non-hydrogen) atoms. The molecular weight excluding hydrogens is 286 g/mol. The molecule has 3 aromatic rings. The lowest BCUT2D eigenvalue weighted by atomic mass is 10.0. The first-order valence-corrected chi connectivity index (χ1v) is 6.88. The van der Waals surface area contributed by atoms with Gasteiger partial charge in [-0.05, 0) is 23.6 Å². The van der Waals surface area contributed by atoms with Crippen LogP contribution in [0.25, 0.3) is 22.0 Å². The number of pyridine rings is 1. The maximum Gasteiger partial charge on any atom is 0.130 e. The molecule has 0 N–H and O–H groups in total. The zero-order valence-corrected chi connectivity index (χ0v) is 12.5. The topological polar surface area (TPSA) is 31.4 Å². The summed E-state index contributed by atoms with van der Waals surface area (Å²) in [5, 5.41) is 2.55. The Balaban J connectivity index is 2.29. The van der Waals surface area contributed by atoms with Crippen molar-refractivity contribution in [2.75, 3.05) is 14.2 Å². The van der Waals surface area contributed by atoms with Gasteiger partial charge in [0.1, 0.15) is 16.7 Å². The summed E-state index contributed by atoms with van der Waals surface area (Å²) in [6, 6.07) is 15.5. The first kappa shape index (κ1) is 13.7. The third-order valence-corrected chi connectivity index (χ3v) is 3.53. The van der Waals surface area contributed by atoms with Crippen molar-refractivity contribution in [1.29, 1.82) is 0 Å². The summed E-state index contributed by atoms with van der Waals surface area (Å²) >= 11 is 6.15. The number of rotatable bonds is 3. The van der Waals surface area contributed by atoms with Gasteiger partial charge >= 0.3 is 0 Å². The van der Waals surface area contributed by atoms with Crippen molar-refractivity contribution in [3.63, 3.8) is 0 Å². The molecule has 4 heteroatoms. The number of hydrogen-bond donors (Lipinski definition) is 0. The van der Waals surface area contributed by atoms with E-state index in [4.69, 9.17) is 21.1 Å². The Morgan fingerprint density at radius 2 is 1.57 bits per heavy atom. The van der Waals surface area contributed by atoms with Gasteiger partial charge in [-0.15, -0.1) is 0 Å². The van der Waals surface area contributed by atoms with Crippen molar-refractivity contribution in [2.45, 2.75) is 0 Å². The van der Waals surface area contributed by atoms with Crippen molar-refractivity contribution in [1.82, 2.24) is 4.98 Å². The van der Waals surface area contributed by atoms with E-state index in [2.05, 4.69) is 4.98 Å². The molecule has 2 aromatic carbocycles. The maximum absolute atomic E-state index is 6.15. The number of fused-ring (bicyclic) bond motifs is 1. The zero-order chi connectivity index (χ0) is 14.8. The van der Waals surface area contributed by atoms with Crippen molar-refractivity contribution >= 4 is 22.4 Å². The van der Waals surface area contributed by atoms with Crippen LogP contribution in [0, 0.1) is 0 Å². The smallest absolute Gasteiger partial charge is 0.130 e. The third-order valence-electron chi connectivity index (χ3n) is 3.33. The lowest BCUT2D eigenvalue weighted by Gasteiger charge is -2.10. The Morgan fingerprint density at radius 1 is 0.905 bits per heavy atom. The number of benzene rings is 2. The van der Waals surface area contributed by atoms with Crippen molar-refractivity contribution in [3.05, 3.63) is 53.7 Å². The van der Waals surface area contributed by atoms with Gasteiger partial charge < -0.3 is 9.47 Å². The van der Waals surface area contributed by atoms with Crippen LogP contribution in [0.5, 0.6) is 11.5 Å². The predicted molar refractivity (Wildman–Crippen MR) is 85.3 cm³/mol. The number of ether oxygens (including phenoxy) is 2. The molecule has 0 bridgehead atoms. The van der Waals surface area contributed by atoms with E-state index in [1.165, 1.54) is 0 Å². The van der Waals surface area contributed by atoms with Crippen LogP contribution in [0.2, 0.25) is 5.15 Å². The van der Waals surface area contributed by atoms with E-state index in [0.29, 0.717) is 5.15 Å². The second-order valence-electron chi connectivity index (χ2n) is 4.62. The van der Waals surface area contributed by atoms with Crippen molar-refractivity contribution in [2.24, 2.45) is 0 Å². The molecule has 0 fully saturated rings. The van der Waals surface area contributed by atoms with E-state index in [9.17, 15) is 0 Å². The number of halogens is 1. The first-order chi connectivity index (χ1) is 10.2. The minimum atomic E-state index is 0.463. The lowest BCUT2D eigenvalue weighted by Crippen LogP contribution is -1.92. The highest BCUT2D eigenvalue weighted by Crippen LogP contribution is 2.33. The summed E-state index contributed by atoms with van der Waals surface area (Å²) in [5.41, 5.74) is 1.72. The predicted octanol–water partition coefficient (Wildman–Crippen LogP) is 4.57. The monoisotopic (exact) mass is 299 g/mol. The largest absolute Gasteiger partial charge is 0.497 e. The number of nitrogens with zero attached hydrogens (tertiary/aromatic N) is 1. The molecule has 0 amide bonds. The standard InChI is InChI=1S/C17H14ClNO2/c1-20-13-7-12(8-14(10-13)21-2)17-15-6-4-3-5-11(15)9-16(18)19-17/h3-10H,1-2H3. The summed E-state index contributed by atoms with van der Waals surface area (Å²) in [7, 11) is 3.25. The van der Waals surface area contributed by atoms with Gasteiger partial charge in [0.15, 0.2) is 0 Å². The molecule has 3 nitrogen and oxygen atoms in total. The van der Waals surface area contributed by atoms with Crippen molar-refractivity contribution < 1.29 is 9.47 Å². The second kappa shape index (κ2) is 5.62. The Bertz CT molecular complexity index is 780. The van der Waals surface area contributed by atoms with E-state index >= 15 is 0 Å². The normalized spacial score (nSPS) is 10.6. The van der Waals surface area contributed by atoms with Crippen LogP contribution >= 0.6 is 11.6 Å². The SMILES string of the molecule is COc1cc(OC)cc(-c2nc(Cl)cc3ccccc23)c1. The molecule has 0 saturated heterocycles. The minimum Gasteiger partial charge on any atom is -0.497 e. The summed E-state index contributed by atoms with van der Waals surface area (Å²) in [5.74, 6) is 1.44. The minimum absolute atomic E-state index is 0.463. The fourth-order valence-electron chi connectivity index (χ4n) is 2.33. The van der Waals surface area contributed by atoms with Crippen LogP contribution in [0.1, 0.15) is 0 Å². The fraction of sp³-hybridized carbons (Fsp3) is 0.118. The average Bonchev–Trinajstić information content (AvgIpc) is 2.53. The molecule has 0 unspecified atom stereocenters. The van der Waals surface area contributed by atoms with Crippen LogP contribution < -0.4 is 9.47 Å². The molecule has 3 rings (SSSR count). The number of hydrogen-bond acceptors (Lipinski definition) is 3. The Labute approximate surface area is 128 Å². The van der Waals surface area contributed by atoms with Gasteiger partial charge in [0.05, 0.1) is 19.9 Å². The third kappa shape index (κ3) is 2.65. The fourth-order valence-corrected chi connectivity index (χ4v) is 2.53. The summed E-state index contributed by atoms with van der Waals surface area (Å²) in [6.45, 7) is 0. The second-order valence-corrected chi connectivity index (χ2v) is 5.00. The van der Waals surface area contributed by atoms with Gasteiger partial charge in [-0.1, -0.05) is 35.9 Å². The Hall–Kier alpha value is -2.26. The van der Waals surface area contributed by atoms with Gasteiger partial charge in [-0.25, -0.2) is 4.98 Å². The van der Waals surface area contributed by atoms with Crippen LogP contribution in [0.4, 0.5) is 0 Å². The molecular formula is C17H14ClNO2. The molecule has 1 aromatic heterocycles. The van der Waals surface area contributed by atoms with Crippen molar-refractivity contribution in [3.8, 4) is 22.8 Å². The van der Waals surface area contributed by atoms with Gasteiger partial charge in [-0.3, -0.25) is 0 Å². The first-order valence-electron chi connectivity index (χ1n) is 6.50. The summed E-state index contributed by atoms with van der Waals surface area (Å²) in [6.07, 6.45) is 0. The van der Waals surface area contributed by atoms with E-state index in [1.54, 1.807) is 14.2 Å². The molecule has 0 saturated carbocycles. The van der Waals surface area contributed by atoms with Crippen LogP contribution in [-0.4, -0.2) is 19.2 Å². The highest BCUT2D eigenvalue weighted by molar-refractivity contribution is 6.30. The van der Waals surface area contributed by atoms with Gasteiger partial charge in [0.25, 0.3) is 0 Å². The summed E-state index contributed by atoms with van der Waals surface area (Å²) in [4.78, 5) is 4.48. The summed E-state index contributed by atoms with van der Waals surface area (Å²) < 4.78 is 10.6. The zero-order valence-electron chi connectivity index (χ0n) is 11.8. The molecule has 0 atom stereocenters. The van der Waals surface area contributed by atoms with Crippen LogP contribution in [0.15, 0.2) is 48.5 Å². The van der Waals surface area contributed by atoms with E-state index in [0.717, 1.165) is 33.5 Å². The molecule has 0 aliphatic heterocycles. The van der Waals surface area contributed by atoms with Crippen LogP contribution in [0.3, 0.4) is 0 Å². The molecule has 106 valence electrons. The Kier molecular flexibility index (Phi) is 3.67. The molecule has 0 radical (unpaired) electrons. The van der Waals surface area contributed by atoms with E-state index in [-0.39, 0.29) is 0 Å². The lowest BCUT2D eigenvalue weighted by molar-refractivity contribution is 0.394.